The summed E-state index contributed by atoms with van der Waals surface area (Å²) in [4.78, 5) is 11.7. The third kappa shape index (κ3) is 3.46. The monoisotopic (exact) mass is 244 g/mol. The Kier molecular flexibility index (Phi) is 4.15. The van der Waals surface area contributed by atoms with E-state index in [1.165, 1.54) is 0 Å². The quantitative estimate of drug-likeness (QED) is 0.839. The van der Waals surface area contributed by atoms with Crippen LogP contribution in [0.5, 0.6) is 0 Å². The van der Waals surface area contributed by atoms with E-state index in [0.29, 0.717) is 19.5 Å². The van der Waals surface area contributed by atoms with Crippen LogP contribution in [-0.4, -0.2) is 5.91 Å². The summed E-state index contributed by atoms with van der Waals surface area (Å²) >= 11 is 0. The first-order valence-electron chi connectivity index (χ1n) is 5.85. The Labute approximate surface area is 106 Å². The molecule has 4 nitrogen and oxygen atoms in total. The molecule has 0 saturated heterocycles. The van der Waals surface area contributed by atoms with Gasteiger partial charge in [0.2, 0.25) is 5.91 Å². The van der Waals surface area contributed by atoms with Gasteiger partial charge >= 0.3 is 0 Å². The molecule has 0 aliphatic heterocycles. The van der Waals surface area contributed by atoms with E-state index >= 15 is 0 Å². The second-order valence-electron chi connectivity index (χ2n) is 4.05. The number of carbonyl (C=O) groups excluding carboxylic acids is 1. The van der Waals surface area contributed by atoms with Crippen LogP contribution >= 0.6 is 0 Å². The van der Waals surface area contributed by atoms with Crippen molar-refractivity contribution in [1.82, 2.24) is 5.32 Å². The highest BCUT2D eigenvalue weighted by Crippen LogP contribution is 2.05. The third-order valence-corrected chi connectivity index (χ3v) is 2.66. The predicted molar refractivity (Wildman–Crippen MR) is 68.6 cm³/mol. The lowest BCUT2D eigenvalue weighted by atomic mass is 10.1. The average molecular weight is 244 g/mol. The third-order valence-electron chi connectivity index (χ3n) is 2.66. The summed E-state index contributed by atoms with van der Waals surface area (Å²) < 4.78 is 5.14. The SMILES string of the molecule is NCc1ccc(CC(=O)NCc2ccco2)cc1. The molecule has 0 radical (unpaired) electrons. The molecule has 4 heteroatoms. The summed E-state index contributed by atoms with van der Waals surface area (Å²) in [5, 5.41) is 2.80. The van der Waals surface area contributed by atoms with Gasteiger partial charge in [-0.2, -0.15) is 0 Å². The molecule has 0 atom stereocenters. The van der Waals surface area contributed by atoms with Crippen LogP contribution in [0.4, 0.5) is 0 Å². The van der Waals surface area contributed by atoms with Crippen LogP contribution < -0.4 is 11.1 Å². The Morgan fingerprint density at radius 1 is 1.17 bits per heavy atom. The lowest BCUT2D eigenvalue weighted by Gasteiger charge is -2.04. The van der Waals surface area contributed by atoms with Gasteiger partial charge in [-0.05, 0) is 23.3 Å². The van der Waals surface area contributed by atoms with Gasteiger partial charge in [-0.15, -0.1) is 0 Å². The van der Waals surface area contributed by atoms with Crippen molar-refractivity contribution in [2.45, 2.75) is 19.5 Å². The number of hydrogen-bond donors (Lipinski definition) is 2. The van der Waals surface area contributed by atoms with E-state index in [-0.39, 0.29) is 5.91 Å². The maximum absolute atomic E-state index is 11.7. The van der Waals surface area contributed by atoms with Gasteiger partial charge in [0, 0.05) is 6.54 Å². The minimum absolute atomic E-state index is 0.0214. The van der Waals surface area contributed by atoms with Crippen molar-refractivity contribution < 1.29 is 9.21 Å². The number of rotatable bonds is 5. The van der Waals surface area contributed by atoms with E-state index in [1.54, 1.807) is 12.3 Å². The molecule has 3 N–H and O–H groups in total. The highest BCUT2D eigenvalue weighted by molar-refractivity contribution is 5.78. The van der Waals surface area contributed by atoms with E-state index in [9.17, 15) is 4.79 Å². The lowest BCUT2D eigenvalue weighted by Crippen LogP contribution is -2.24. The summed E-state index contributed by atoms with van der Waals surface area (Å²) in [6, 6.07) is 11.4. The molecule has 1 aromatic heterocycles. The number of hydrogen-bond acceptors (Lipinski definition) is 3. The second kappa shape index (κ2) is 6.02. The molecule has 1 aromatic carbocycles. The summed E-state index contributed by atoms with van der Waals surface area (Å²) in [7, 11) is 0. The number of carbonyl (C=O) groups is 1. The van der Waals surface area contributed by atoms with Crippen molar-refractivity contribution in [2.24, 2.45) is 5.73 Å². The zero-order valence-electron chi connectivity index (χ0n) is 10.1. The van der Waals surface area contributed by atoms with Crippen LogP contribution in [0, 0.1) is 0 Å². The molecule has 0 bridgehead atoms. The van der Waals surface area contributed by atoms with Crippen molar-refractivity contribution in [1.29, 1.82) is 0 Å². The number of benzene rings is 1. The van der Waals surface area contributed by atoms with Crippen LogP contribution in [-0.2, 0) is 24.3 Å². The van der Waals surface area contributed by atoms with Crippen molar-refractivity contribution >= 4 is 5.91 Å². The van der Waals surface area contributed by atoms with Gasteiger partial charge in [-0.25, -0.2) is 0 Å². The summed E-state index contributed by atoms with van der Waals surface area (Å²) in [6.07, 6.45) is 1.96. The largest absolute Gasteiger partial charge is 0.467 e. The van der Waals surface area contributed by atoms with Gasteiger partial charge in [0.1, 0.15) is 5.76 Å². The molecule has 0 unspecified atom stereocenters. The van der Waals surface area contributed by atoms with Gasteiger partial charge in [-0.3, -0.25) is 4.79 Å². The normalized spacial score (nSPS) is 10.3. The van der Waals surface area contributed by atoms with Crippen LogP contribution in [0.2, 0.25) is 0 Å². The molecule has 2 aromatic rings. The molecule has 1 heterocycles. The standard InChI is InChI=1S/C14H16N2O2/c15-9-12-5-3-11(4-6-12)8-14(17)16-10-13-2-1-7-18-13/h1-7H,8-10,15H2,(H,16,17). The molecule has 0 aliphatic carbocycles. The summed E-state index contributed by atoms with van der Waals surface area (Å²) in [5.74, 6) is 0.730. The number of amides is 1. The minimum atomic E-state index is -0.0214. The lowest BCUT2D eigenvalue weighted by molar-refractivity contribution is -0.120. The van der Waals surface area contributed by atoms with E-state index in [1.807, 2.05) is 30.3 Å². The highest BCUT2D eigenvalue weighted by atomic mass is 16.3. The van der Waals surface area contributed by atoms with Gasteiger partial charge in [0.15, 0.2) is 0 Å². The van der Waals surface area contributed by atoms with Gasteiger partial charge < -0.3 is 15.5 Å². The van der Waals surface area contributed by atoms with Gasteiger partial charge in [0.05, 0.1) is 19.2 Å². The fourth-order valence-electron chi connectivity index (χ4n) is 1.64. The van der Waals surface area contributed by atoms with E-state index in [0.717, 1.165) is 16.9 Å². The fraction of sp³-hybridized carbons (Fsp3) is 0.214. The van der Waals surface area contributed by atoms with E-state index < -0.39 is 0 Å². The summed E-state index contributed by atoms with van der Waals surface area (Å²) in [5.41, 5.74) is 7.55. The smallest absolute Gasteiger partial charge is 0.224 e. The Morgan fingerprint density at radius 2 is 1.89 bits per heavy atom. The molecule has 0 aliphatic rings. The molecule has 0 fully saturated rings. The molecule has 2 rings (SSSR count). The predicted octanol–water partition coefficient (Wildman–Crippen LogP) is 1.60. The van der Waals surface area contributed by atoms with Crippen molar-refractivity contribution in [3.8, 4) is 0 Å². The molecule has 0 saturated carbocycles. The van der Waals surface area contributed by atoms with Crippen molar-refractivity contribution in [2.75, 3.05) is 0 Å². The van der Waals surface area contributed by atoms with Crippen LogP contribution in [0.15, 0.2) is 47.1 Å². The first kappa shape index (κ1) is 12.4. The van der Waals surface area contributed by atoms with E-state index in [4.69, 9.17) is 10.2 Å². The molecule has 1 amide bonds. The topological polar surface area (TPSA) is 68.3 Å². The Balaban J connectivity index is 1.83. The molecule has 94 valence electrons. The van der Waals surface area contributed by atoms with Crippen LogP contribution in [0.25, 0.3) is 0 Å². The summed E-state index contributed by atoms with van der Waals surface area (Å²) in [6.45, 7) is 0.942. The van der Waals surface area contributed by atoms with Gasteiger partial charge in [0.25, 0.3) is 0 Å². The van der Waals surface area contributed by atoms with Crippen molar-refractivity contribution in [3.05, 3.63) is 59.5 Å². The maximum atomic E-state index is 11.7. The van der Waals surface area contributed by atoms with Crippen molar-refractivity contribution in [3.63, 3.8) is 0 Å². The average Bonchev–Trinajstić information content (AvgIpc) is 2.90. The minimum Gasteiger partial charge on any atom is -0.467 e. The Hall–Kier alpha value is -2.07. The number of furan rings is 1. The molecule has 0 spiro atoms. The Morgan fingerprint density at radius 3 is 2.50 bits per heavy atom. The first-order valence-corrected chi connectivity index (χ1v) is 5.85. The molecule has 18 heavy (non-hydrogen) atoms. The van der Waals surface area contributed by atoms with Crippen LogP contribution in [0.1, 0.15) is 16.9 Å². The second-order valence-corrected chi connectivity index (χ2v) is 4.05. The van der Waals surface area contributed by atoms with Gasteiger partial charge in [-0.1, -0.05) is 24.3 Å². The zero-order chi connectivity index (χ0) is 12.8. The Bertz CT molecular complexity index is 489. The first-order chi connectivity index (χ1) is 8.78. The van der Waals surface area contributed by atoms with Crippen LogP contribution in [0.3, 0.4) is 0 Å². The number of nitrogens with one attached hydrogen (secondary N) is 1. The number of nitrogens with two attached hydrogens (primary N) is 1. The fourth-order valence-corrected chi connectivity index (χ4v) is 1.64. The molecular formula is C14H16N2O2. The maximum Gasteiger partial charge on any atom is 0.224 e. The highest BCUT2D eigenvalue weighted by Gasteiger charge is 2.04. The zero-order valence-corrected chi connectivity index (χ0v) is 10.1. The molecular weight excluding hydrogens is 228 g/mol. The van der Waals surface area contributed by atoms with E-state index in [2.05, 4.69) is 5.32 Å².